The van der Waals surface area contributed by atoms with Crippen molar-refractivity contribution in [2.45, 2.75) is 6.54 Å². The molecule has 1 aromatic carbocycles. The molecule has 3 rings (SSSR count). The molecule has 1 aliphatic heterocycles. The summed E-state index contributed by atoms with van der Waals surface area (Å²) in [6.45, 7) is 4.09. The Bertz CT molecular complexity index is 786. The summed E-state index contributed by atoms with van der Waals surface area (Å²) in [7, 11) is 1.49. The van der Waals surface area contributed by atoms with Gasteiger partial charge in [-0.25, -0.2) is 0 Å². The number of ether oxygens (including phenoxy) is 2. The summed E-state index contributed by atoms with van der Waals surface area (Å²) in [5, 5.41) is 2.10. The fourth-order valence-electron chi connectivity index (χ4n) is 3.11. The summed E-state index contributed by atoms with van der Waals surface area (Å²) < 4.78 is 10.6. The summed E-state index contributed by atoms with van der Waals surface area (Å²) in [6, 6.07) is 9.19. The first-order valence-corrected chi connectivity index (χ1v) is 9.69. The quantitative estimate of drug-likeness (QED) is 0.705. The van der Waals surface area contributed by atoms with E-state index in [2.05, 4.69) is 17.5 Å². The van der Waals surface area contributed by atoms with E-state index in [0.717, 1.165) is 32.7 Å². The van der Waals surface area contributed by atoms with Gasteiger partial charge in [-0.1, -0.05) is 6.07 Å². The largest absolute Gasteiger partial charge is 0.493 e. The van der Waals surface area contributed by atoms with Gasteiger partial charge in [-0.3, -0.25) is 9.59 Å². The second-order valence-corrected chi connectivity index (χ2v) is 7.45. The molecule has 3 N–H and O–H groups in total. The molecule has 7 nitrogen and oxygen atoms in total. The zero-order valence-corrected chi connectivity index (χ0v) is 16.1. The van der Waals surface area contributed by atoms with E-state index in [1.807, 2.05) is 4.90 Å². The maximum atomic E-state index is 12.8. The van der Waals surface area contributed by atoms with Crippen LogP contribution in [0, 0.1) is 0 Å². The van der Waals surface area contributed by atoms with Crippen LogP contribution in [-0.4, -0.2) is 56.6 Å². The number of nitrogens with one attached hydrogen (secondary N) is 1. The minimum Gasteiger partial charge on any atom is -0.493 e. The summed E-state index contributed by atoms with van der Waals surface area (Å²) >= 11 is 1.78. The Morgan fingerprint density at radius 2 is 2.00 bits per heavy atom. The molecule has 144 valence electrons. The van der Waals surface area contributed by atoms with E-state index < -0.39 is 5.91 Å². The van der Waals surface area contributed by atoms with E-state index >= 15 is 0 Å². The molecule has 1 saturated heterocycles. The number of primary amides is 1. The average Bonchev–Trinajstić information content (AvgIpc) is 3.19. The fraction of sp³-hybridized carbons (Fsp3) is 0.368. The molecule has 0 unspecified atom stereocenters. The van der Waals surface area contributed by atoms with Crippen LogP contribution in [0.4, 0.5) is 0 Å². The topological polar surface area (TPSA) is 86.3 Å². The van der Waals surface area contributed by atoms with Crippen LogP contribution in [0.15, 0.2) is 35.7 Å². The van der Waals surface area contributed by atoms with Gasteiger partial charge in [0.2, 0.25) is 0 Å². The Morgan fingerprint density at radius 3 is 2.63 bits per heavy atom. The molecular formula is C19H24N3O4S+. The highest BCUT2D eigenvalue weighted by Crippen LogP contribution is 2.28. The highest BCUT2D eigenvalue weighted by molar-refractivity contribution is 7.09. The predicted octanol–water partition coefficient (Wildman–Crippen LogP) is 0.162. The van der Waals surface area contributed by atoms with E-state index in [1.54, 1.807) is 29.5 Å². The van der Waals surface area contributed by atoms with Crippen molar-refractivity contribution in [2.75, 3.05) is 39.9 Å². The van der Waals surface area contributed by atoms with Gasteiger partial charge in [0.05, 0.1) is 38.2 Å². The SMILES string of the molecule is COc1cc(C(=O)N2CC[NH+](Cc3cccs3)CC2)ccc1OCC(N)=O. The van der Waals surface area contributed by atoms with Gasteiger partial charge >= 0.3 is 0 Å². The van der Waals surface area contributed by atoms with Crippen LogP contribution in [0.5, 0.6) is 11.5 Å². The molecule has 0 bridgehead atoms. The van der Waals surface area contributed by atoms with E-state index in [1.165, 1.54) is 16.9 Å². The van der Waals surface area contributed by atoms with Gasteiger partial charge in [-0.05, 0) is 29.6 Å². The summed E-state index contributed by atoms with van der Waals surface area (Å²) in [5.41, 5.74) is 5.64. The lowest BCUT2D eigenvalue weighted by Gasteiger charge is -2.32. The first-order chi connectivity index (χ1) is 13.1. The lowest BCUT2D eigenvalue weighted by molar-refractivity contribution is -0.917. The molecule has 2 aromatic rings. The Hall–Kier alpha value is -2.58. The van der Waals surface area contributed by atoms with Gasteiger partial charge in [0.15, 0.2) is 18.1 Å². The van der Waals surface area contributed by atoms with Gasteiger partial charge < -0.3 is 25.0 Å². The number of thiophene rings is 1. The number of hydrogen-bond acceptors (Lipinski definition) is 5. The van der Waals surface area contributed by atoms with Crippen molar-refractivity contribution in [2.24, 2.45) is 5.73 Å². The number of nitrogens with zero attached hydrogens (tertiary/aromatic N) is 1. The van der Waals surface area contributed by atoms with Crippen LogP contribution in [0.1, 0.15) is 15.2 Å². The molecule has 27 heavy (non-hydrogen) atoms. The molecule has 0 spiro atoms. The van der Waals surface area contributed by atoms with Gasteiger partial charge in [-0.15, -0.1) is 11.3 Å². The Balaban J connectivity index is 1.59. The highest BCUT2D eigenvalue weighted by Gasteiger charge is 2.25. The third kappa shape index (κ3) is 4.99. The number of quaternary nitrogens is 1. The molecule has 1 aromatic heterocycles. The maximum Gasteiger partial charge on any atom is 0.255 e. The van der Waals surface area contributed by atoms with Gasteiger partial charge in [-0.2, -0.15) is 0 Å². The third-order valence-electron chi connectivity index (χ3n) is 4.54. The maximum absolute atomic E-state index is 12.8. The minimum absolute atomic E-state index is 0.0232. The number of hydrogen-bond donors (Lipinski definition) is 2. The van der Waals surface area contributed by atoms with E-state index in [9.17, 15) is 9.59 Å². The highest BCUT2D eigenvalue weighted by atomic mass is 32.1. The van der Waals surface area contributed by atoms with Crippen LogP contribution < -0.4 is 20.1 Å². The number of carbonyl (C=O) groups excluding carboxylic acids is 2. The van der Waals surface area contributed by atoms with Gasteiger partial charge in [0.1, 0.15) is 6.54 Å². The number of methoxy groups -OCH3 is 1. The number of carbonyl (C=O) groups is 2. The molecule has 1 aliphatic rings. The van der Waals surface area contributed by atoms with Gasteiger partial charge in [0.25, 0.3) is 11.8 Å². The lowest BCUT2D eigenvalue weighted by Crippen LogP contribution is -3.13. The van der Waals surface area contributed by atoms with E-state index in [4.69, 9.17) is 15.2 Å². The number of piperazine rings is 1. The zero-order chi connectivity index (χ0) is 19.2. The summed E-state index contributed by atoms with van der Waals surface area (Å²) in [5.74, 6) is 0.201. The minimum atomic E-state index is -0.569. The van der Waals surface area contributed by atoms with Crippen LogP contribution in [0.3, 0.4) is 0 Å². The molecule has 2 amide bonds. The van der Waals surface area contributed by atoms with Crippen LogP contribution >= 0.6 is 11.3 Å². The molecule has 8 heteroatoms. The Kier molecular flexibility index (Phi) is 6.31. The van der Waals surface area contributed by atoms with Gasteiger partial charge in [0, 0.05) is 5.56 Å². The van der Waals surface area contributed by atoms with Crippen molar-refractivity contribution in [1.82, 2.24) is 4.90 Å². The van der Waals surface area contributed by atoms with Crippen LogP contribution in [0.25, 0.3) is 0 Å². The number of amides is 2. The monoisotopic (exact) mass is 390 g/mol. The van der Waals surface area contributed by atoms with Crippen molar-refractivity contribution < 1.29 is 24.0 Å². The van der Waals surface area contributed by atoms with Crippen molar-refractivity contribution >= 4 is 23.2 Å². The van der Waals surface area contributed by atoms with E-state index in [-0.39, 0.29) is 12.5 Å². The standard InChI is InChI=1S/C19H23N3O4S/c1-25-17-11-14(4-5-16(17)26-13-18(20)23)19(24)22-8-6-21(7-9-22)12-15-3-2-10-27-15/h2-5,10-11H,6-9,12-13H2,1H3,(H2,20,23)/p+1. The molecule has 1 fully saturated rings. The first kappa shape index (κ1) is 19.2. The zero-order valence-electron chi connectivity index (χ0n) is 15.3. The molecule has 2 heterocycles. The fourth-order valence-corrected chi connectivity index (χ4v) is 3.89. The smallest absolute Gasteiger partial charge is 0.255 e. The average molecular weight is 390 g/mol. The predicted molar refractivity (Wildman–Crippen MR) is 102 cm³/mol. The normalized spacial score (nSPS) is 14.8. The number of rotatable bonds is 7. The number of nitrogens with two attached hydrogens (primary N) is 1. The Morgan fingerprint density at radius 1 is 1.22 bits per heavy atom. The first-order valence-electron chi connectivity index (χ1n) is 8.81. The third-order valence-corrected chi connectivity index (χ3v) is 5.42. The molecule has 0 radical (unpaired) electrons. The molecule has 0 aliphatic carbocycles. The summed E-state index contributed by atoms with van der Waals surface area (Å²) in [6.07, 6.45) is 0. The van der Waals surface area contributed by atoms with Crippen molar-refractivity contribution in [3.63, 3.8) is 0 Å². The molecular weight excluding hydrogens is 366 g/mol. The lowest BCUT2D eigenvalue weighted by atomic mass is 10.1. The van der Waals surface area contributed by atoms with E-state index in [0.29, 0.717) is 17.1 Å². The second-order valence-electron chi connectivity index (χ2n) is 6.42. The van der Waals surface area contributed by atoms with Crippen molar-refractivity contribution in [3.05, 3.63) is 46.2 Å². The second kappa shape index (κ2) is 8.88. The Labute approximate surface area is 162 Å². The molecule has 0 atom stereocenters. The van der Waals surface area contributed by atoms with Crippen LogP contribution in [-0.2, 0) is 11.3 Å². The summed E-state index contributed by atoms with van der Waals surface area (Å²) in [4.78, 5) is 28.4. The van der Waals surface area contributed by atoms with Crippen molar-refractivity contribution in [3.8, 4) is 11.5 Å². The number of benzene rings is 1. The van der Waals surface area contributed by atoms with Crippen molar-refractivity contribution in [1.29, 1.82) is 0 Å². The molecule has 0 saturated carbocycles. The van der Waals surface area contributed by atoms with Crippen LogP contribution in [0.2, 0.25) is 0 Å².